The first-order valence-electron chi connectivity index (χ1n) is 8.02. The van der Waals surface area contributed by atoms with Crippen molar-refractivity contribution < 1.29 is 14.3 Å². The summed E-state index contributed by atoms with van der Waals surface area (Å²) in [5.41, 5.74) is 8.68. The van der Waals surface area contributed by atoms with Crippen LogP contribution < -0.4 is 15.8 Å². The largest absolute Gasteiger partial charge is 0.484 e. The molecule has 3 rings (SSSR count). The molecule has 1 unspecified atom stereocenters. The molecule has 2 aromatic carbocycles. The van der Waals surface area contributed by atoms with Gasteiger partial charge in [0.15, 0.2) is 6.61 Å². The van der Waals surface area contributed by atoms with Gasteiger partial charge in [0.1, 0.15) is 11.8 Å². The summed E-state index contributed by atoms with van der Waals surface area (Å²) in [6.45, 7) is -0.157. The molecule has 0 aliphatic heterocycles. The molecule has 0 aromatic heterocycles. The number of hydrogen-bond donors (Lipinski definition) is 2. The molecule has 0 heterocycles. The third-order valence-corrected chi connectivity index (χ3v) is 4.16. The lowest BCUT2D eigenvalue weighted by atomic mass is 10.1. The number of aryl methyl sites for hydroxylation is 2. The van der Waals surface area contributed by atoms with Gasteiger partial charge in [0.25, 0.3) is 5.91 Å². The van der Waals surface area contributed by atoms with E-state index in [4.69, 9.17) is 10.5 Å². The Morgan fingerprint density at radius 1 is 1.08 bits per heavy atom. The highest BCUT2D eigenvalue weighted by molar-refractivity contribution is 5.88. The van der Waals surface area contributed by atoms with E-state index in [0.717, 1.165) is 19.3 Å². The Morgan fingerprint density at radius 3 is 2.58 bits per heavy atom. The van der Waals surface area contributed by atoms with Crippen molar-refractivity contribution in [3.8, 4) is 5.75 Å². The molecule has 0 radical (unpaired) electrons. The number of benzene rings is 2. The maximum Gasteiger partial charge on any atom is 0.258 e. The third kappa shape index (κ3) is 3.74. The lowest BCUT2D eigenvalue weighted by Crippen LogP contribution is -2.39. The van der Waals surface area contributed by atoms with Crippen molar-refractivity contribution in [3.63, 3.8) is 0 Å². The van der Waals surface area contributed by atoms with E-state index in [1.807, 2.05) is 24.3 Å². The molecule has 5 heteroatoms. The molecule has 2 aromatic rings. The van der Waals surface area contributed by atoms with Crippen LogP contribution in [0.2, 0.25) is 0 Å². The normalized spacial score (nSPS) is 13.8. The molecule has 3 N–H and O–H groups in total. The topological polar surface area (TPSA) is 81.4 Å². The fraction of sp³-hybridized carbons (Fsp3) is 0.263. The summed E-state index contributed by atoms with van der Waals surface area (Å²) in [7, 11) is 0. The Hall–Kier alpha value is -2.82. The van der Waals surface area contributed by atoms with E-state index in [1.54, 1.807) is 24.3 Å². The monoisotopic (exact) mass is 324 g/mol. The molecule has 0 fully saturated rings. The number of carbonyl (C=O) groups is 2. The highest BCUT2D eigenvalue weighted by atomic mass is 16.5. The van der Waals surface area contributed by atoms with Crippen LogP contribution in [0.15, 0.2) is 48.5 Å². The first-order chi connectivity index (χ1) is 11.6. The van der Waals surface area contributed by atoms with Gasteiger partial charge in [-0.25, -0.2) is 0 Å². The average molecular weight is 324 g/mol. The SMILES string of the molecule is NC(=O)C(NC(=O)COc1ccc2c(c1)CCC2)c1ccccc1. The molecular weight excluding hydrogens is 304 g/mol. The molecule has 124 valence electrons. The van der Waals surface area contributed by atoms with E-state index in [2.05, 4.69) is 5.32 Å². The maximum absolute atomic E-state index is 12.1. The van der Waals surface area contributed by atoms with E-state index in [-0.39, 0.29) is 12.5 Å². The standard InChI is InChI=1S/C19H20N2O3/c20-19(23)18(14-5-2-1-3-6-14)21-17(22)12-24-16-10-9-13-7-4-8-15(13)11-16/h1-3,5-6,9-11,18H,4,7-8,12H2,(H2,20,23)(H,21,22). The van der Waals surface area contributed by atoms with E-state index >= 15 is 0 Å². The number of nitrogens with two attached hydrogens (primary N) is 1. The number of ether oxygens (including phenoxy) is 1. The van der Waals surface area contributed by atoms with Gasteiger partial charge in [-0.05, 0) is 48.1 Å². The zero-order valence-electron chi connectivity index (χ0n) is 13.3. The lowest BCUT2D eigenvalue weighted by molar-refractivity contribution is -0.128. The molecule has 0 bridgehead atoms. The van der Waals surface area contributed by atoms with Gasteiger partial charge in [-0.3, -0.25) is 9.59 Å². The second-order valence-electron chi connectivity index (χ2n) is 5.89. The van der Waals surface area contributed by atoms with E-state index in [9.17, 15) is 9.59 Å². The number of rotatable bonds is 6. The van der Waals surface area contributed by atoms with Crippen molar-refractivity contribution >= 4 is 11.8 Å². The molecule has 5 nitrogen and oxygen atoms in total. The number of carbonyl (C=O) groups excluding carboxylic acids is 2. The van der Waals surface area contributed by atoms with Crippen LogP contribution in [-0.4, -0.2) is 18.4 Å². The molecule has 1 aliphatic carbocycles. The molecule has 0 saturated carbocycles. The Bertz CT molecular complexity index is 744. The van der Waals surface area contributed by atoms with Crippen molar-refractivity contribution in [2.24, 2.45) is 5.73 Å². The van der Waals surface area contributed by atoms with E-state index < -0.39 is 11.9 Å². The summed E-state index contributed by atoms with van der Waals surface area (Å²) in [6, 6.07) is 14.0. The summed E-state index contributed by atoms with van der Waals surface area (Å²) in [5.74, 6) is -0.323. The van der Waals surface area contributed by atoms with E-state index in [0.29, 0.717) is 11.3 Å². The van der Waals surface area contributed by atoms with Gasteiger partial charge in [0, 0.05) is 0 Å². The fourth-order valence-electron chi connectivity index (χ4n) is 2.95. The van der Waals surface area contributed by atoms with Crippen molar-refractivity contribution in [1.82, 2.24) is 5.32 Å². The second-order valence-corrected chi connectivity index (χ2v) is 5.89. The van der Waals surface area contributed by atoms with Gasteiger partial charge >= 0.3 is 0 Å². The van der Waals surface area contributed by atoms with Crippen LogP contribution >= 0.6 is 0 Å². The molecule has 2 amide bonds. The summed E-state index contributed by atoms with van der Waals surface area (Å²) >= 11 is 0. The highest BCUT2D eigenvalue weighted by Crippen LogP contribution is 2.26. The Balaban J connectivity index is 1.59. The third-order valence-electron chi connectivity index (χ3n) is 4.16. The van der Waals surface area contributed by atoms with Gasteiger partial charge < -0.3 is 15.8 Å². The number of hydrogen-bond acceptors (Lipinski definition) is 3. The average Bonchev–Trinajstić information content (AvgIpc) is 3.06. The Kier molecular flexibility index (Phi) is 4.79. The number of primary amides is 1. The summed E-state index contributed by atoms with van der Waals surface area (Å²) < 4.78 is 5.55. The van der Waals surface area contributed by atoms with Crippen molar-refractivity contribution in [2.75, 3.05) is 6.61 Å². The van der Waals surface area contributed by atoms with Crippen LogP contribution in [0.3, 0.4) is 0 Å². The first-order valence-corrected chi connectivity index (χ1v) is 8.02. The molecule has 1 aliphatic rings. The molecular formula is C19H20N2O3. The Morgan fingerprint density at radius 2 is 1.83 bits per heavy atom. The van der Waals surface area contributed by atoms with Gasteiger partial charge in [-0.1, -0.05) is 36.4 Å². The zero-order valence-corrected chi connectivity index (χ0v) is 13.3. The minimum absolute atomic E-state index is 0.157. The Labute approximate surface area is 140 Å². The van der Waals surface area contributed by atoms with Crippen LogP contribution in [0, 0.1) is 0 Å². The smallest absolute Gasteiger partial charge is 0.258 e. The van der Waals surface area contributed by atoms with Crippen molar-refractivity contribution in [2.45, 2.75) is 25.3 Å². The van der Waals surface area contributed by atoms with E-state index in [1.165, 1.54) is 11.1 Å². The second kappa shape index (κ2) is 7.17. The zero-order chi connectivity index (χ0) is 16.9. The van der Waals surface area contributed by atoms with Crippen LogP contribution in [0.5, 0.6) is 5.75 Å². The van der Waals surface area contributed by atoms with Crippen LogP contribution in [0.25, 0.3) is 0 Å². The van der Waals surface area contributed by atoms with Crippen LogP contribution in [0.1, 0.15) is 29.2 Å². The number of amides is 2. The molecule has 1 atom stereocenters. The fourth-order valence-corrected chi connectivity index (χ4v) is 2.95. The van der Waals surface area contributed by atoms with Crippen molar-refractivity contribution in [1.29, 1.82) is 0 Å². The minimum atomic E-state index is -0.859. The molecule has 0 spiro atoms. The van der Waals surface area contributed by atoms with Gasteiger partial charge in [-0.15, -0.1) is 0 Å². The first kappa shape index (κ1) is 16.1. The highest BCUT2D eigenvalue weighted by Gasteiger charge is 2.20. The predicted octanol–water partition coefficient (Wildman–Crippen LogP) is 1.90. The van der Waals surface area contributed by atoms with Crippen LogP contribution in [-0.2, 0) is 22.4 Å². The van der Waals surface area contributed by atoms with Crippen LogP contribution in [0.4, 0.5) is 0 Å². The van der Waals surface area contributed by atoms with Gasteiger partial charge in [-0.2, -0.15) is 0 Å². The molecule has 0 saturated heterocycles. The predicted molar refractivity (Wildman–Crippen MR) is 90.5 cm³/mol. The van der Waals surface area contributed by atoms with Crippen molar-refractivity contribution in [3.05, 3.63) is 65.2 Å². The number of fused-ring (bicyclic) bond motifs is 1. The number of nitrogens with one attached hydrogen (secondary N) is 1. The quantitative estimate of drug-likeness (QED) is 0.851. The maximum atomic E-state index is 12.1. The summed E-state index contributed by atoms with van der Waals surface area (Å²) in [4.78, 5) is 23.7. The summed E-state index contributed by atoms with van der Waals surface area (Å²) in [5, 5.41) is 2.62. The summed E-state index contributed by atoms with van der Waals surface area (Å²) in [6.07, 6.45) is 3.32. The molecule has 24 heavy (non-hydrogen) atoms. The van der Waals surface area contributed by atoms with Gasteiger partial charge in [0.05, 0.1) is 0 Å². The lowest BCUT2D eigenvalue weighted by Gasteiger charge is -2.16. The van der Waals surface area contributed by atoms with Gasteiger partial charge in [0.2, 0.25) is 5.91 Å². The minimum Gasteiger partial charge on any atom is -0.484 e.